The van der Waals surface area contributed by atoms with Gasteiger partial charge in [-0.05, 0) is 5.56 Å². The van der Waals surface area contributed by atoms with Crippen LogP contribution < -0.4 is 4.74 Å². The second-order valence-corrected chi connectivity index (χ2v) is 2.51. The van der Waals surface area contributed by atoms with Gasteiger partial charge in [0.25, 0.3) is 0 Å². The van der Waals surface area contributed by atoms with E-state index in [1.807, 2.05) is 6.07 Å². The number of ether oxygens (including phenoxy) is 2. The number of rotatable bonds is 3. The van der Waals surface area contributed by atoms with Gasteiger partial charge >= 0.3 is 0 Å². The smallest absolute Gasteiger partial charge is 0.212 e. The van der Waals surface area contributed by atoms with Crippen LogP contribution in [0, 0.1) is 5.41 Å². The van der Waals surface area contributed by atoms with Gasteiger partial charge in [0.1, 0.15) is 0 Å². The molecule has 1 rings (SSSR count). The summed E-state index contributed by atoms with van der Waals surface area (Å²) in [7, 11) is 3.05. The predicted octanol–water partition coefficient (Wildman–Crippen LogP) is 1.26. The van der Waals surface area contributed by atoms with Gasteiger partial charge in [0, 0.05) is 18.7 Å². The Balaban J connectivity index is 2.64. The molecule has 0 unspecified atom stereocenters. The summed E-state index contributed by atoms with van der Waals surface area (Å²) in [5.41, 5.74) is 0.938. The molecular weight excluding hydrogens is 168 g/mol. The van der Waals surface area contributed by atoms with Gasteiger partial charge in [0.15, 0.2) is 5.90 Å². The normalized spacial score (nSPS) is 9.38. The topological polar surface area (TPSA) is 55.2 Å². The molecule has 13 heavy (non-hydrogen) atoms. The second kappa shape index (κ2) is 4.45. The third-order valence-electron chi connectivity index (χ3n) is 1.62. The van der Waals surface area contributed by atoms with Crippen LogP contribution >= 0.6 is 0 Å². The van der Waals surface area contributed by atoms with Crippen LogP contribution in [0.3, 0.4) is 0 Å². The molecule has 1 aromatic rings. The van der Waals surface area contributed by atoms with E-state index in [1.165, 1.54) is 7.11 Å². The van der Waals surface area contributed by atoms with Crippen molar-refractivity contribution in [2.24, 2.45) is 0 Å². The minimum Gasteiger partial charge on any atom is -0.484 e. The van der Waals surface area contributed by atoms with Crippen molar-refractivity contribution in [3.63, 3.8) is 0 Å². The van der Waals surface area contributed by atoms with Crippen molar-refractivity contribution in [3.8, 4) is 5.88 Å². The lowest BCUT2D eigenvalue weighted by Crippen LogP contribution is -2.03. The Bertz CT molecular complexity index is 282. The highest BCUT2D eigenvalue weighted by atomic mass is 16.5. The molecule has 0 amide bonds. The van der Waals surface area contributed by atoms with E-state index in [1.54, 1.807) is 19.4 Å². The van der Waals surface area contributed by atoms with E-state index in [0.717, 1.165) is 5.56 Å². The molecule has 0 aliphatic carbocycles. The first-order valence-electron chi connectivity index (χ1n) is 3.86. The molecule has 1 N–H and O–H groups in total. The average molecular weight is 180 g/mol. The van der Waals surface area contributed by atoms with Crippen LogP contribution in [-0.2, 0) is 11.2 Å². The molecule has 1 heterocycles. The van der Waals surface area contributed by atoms with Crippen LogP contribution in [0.4, 0.5) is 0 Å². The Labute approximate surface area is 77.0 Å². The molecule has 0 atom stereocenters. The van der Waals surface area contributed by atoms with Gasteiger partial charge in [0.05, 0.1) is 14.2 Å². The fraction of sp³-hybridized carbons (Fsp3) is 0.333. The lowest BCUT2D eigenvalue weighted by atomic mass is 10.2. The molecule has 0 aliphatic heterocycles. The molecule has 0 fully saturated rings. The Morgan fingerprint density at radius 2 is 2.23 bits per heavy atom. The van der Waals surface area contributed by atoms with E-state index in [-0.39, 0.29) is 5.90 Å². The Morgan fingerprint density at radius 3 is 2.69 bits per heavy atom. The number of hydrogen-bond acceptors (Lipinski definition) is 4. The quantitative estimate of drug-likeness (QED) is 0.562. The average Bonchev–Trinajstić information content (AvgIpc) is 2.19. The summed E-state index contributed by atoms with van der Waals surface area (Å²) in [5, 5.41) is 7.29. The van der Waals surface area contributed by atoms with Gasteiger partial charge in [-0.3, -0.25) is 5.41 Å². The van der Waals surface area contributed by atoms with Crippen molar-refractivity contribution in [1.82, 2.24) is 4.98 Å². The van der Waals surface area contributed by atoms with E-state index in [4.69, 9.17) is 14.9 Å². The number of methoxy groups -OCH3 is 2. The predicted molar refractivity (Wildman–Crippen MR) is 49.2 cm³/mol. The molecule has 0 bridgehead atoms. The summed E-state index contributed by atoms with van der Waals surface area (Å²) in [4.78, 5) is 4.01. The van der Waals surface area contributed by atoms with Gasteiger partial charge in [-0.2, -0.15) is 0 Å². The summed E-state index contributed by atoms with van der Waals surface area (Å²) in [6, 6.07) is 3.62. The van der Waals surface area contributed by atoms with Crippen molar-refractivity contribution in [3.05, 3.63) is 23.9 Å². The number of hydrogen-bond donors (Lipinski definition) is 1. The highest BCUT2D eigenvalue weighted by Gasteiger charge is 1.99. The van der Waals surface area contributed by atoms with Crippen molar-refractivity contribution < 1.29 is 9.47 Å². The largest absolute Gasteiger partial charge is 0.484 e. The molecule has 0 radical (unpaired) electrons. The van der Waals surface area contributed by atoms with E-state index >= 15 is 0 Å². The first-order chi connectivity index (χ1) is 6.26. The monoisotopic (exact) mass is 180 g/mol. The maximum atomic E-state index is 7.29. The van der Waals surface area contributed by atoms with Crippen molar-refractivity contribution in [2.45, 2.75) is 6.42 Å². The number of nitrogens with one attached hydrogen (secondary N) is 1. The fourth-order valence-corrected chi connectivity index (χ4v) is 0.894. The third kappa shape index (κ3) is 2.74. The second-order valence-electron chi connectivity index (χ2n) is 2.51. The van der Waals surface area contributed by atoms with Crippen LogP contribution in [-0.4, -0.2) is 25.1 Å². The molecule has 4 heteroatoms. The highest BCUT2D eigenvalue weighted by molar-refractivity contribution is 5.75. The molecular formula is C9H12N2O2. The molecule has 0 saturated carbocycles. The number of pyridine rings is 1. The Morgan fingerprint density at radius 1 is 1.46 bits per heavy atom. The van der Waals surface area contributed by atoms with Crippen molar-refractivity contribution in [1.29, 1.82) is 5.41 Å². The summed E-state index contributed by atoms with van der Waals surface area (Å²) in [6.45, 7) is 0. The van der Waals surface area contributed by atoms with Crippen LogP contribution in [0.1, 0.15) is 5.56 Å². The lowest BCUT2D eigenvalue weighted by Gasteiger charge is -2.02. The zero-order valence-electron chi connectivity index (χ0n) is 7.70. The van der Waals surface area contributed by atoms with E-state index < -0.39 is 0 Å². The van der Waals surface area contributed by atoms with Gasteiger partial charge in [0.2, 0.25) is 5.88 Å². The van der Waals surface area contributed by atoms with E-state index in [9.17, 15) is 0 Å². The first kappa shape index (κ1) is 9.51. The molecule has 0 aromatic carbocycles. The lowest BCUT2D eigenvalue weighted by molar-refractivity contribution is 0.389. The van der Waals surface area contributed by atoms with Crippen LogP contribution in [0.5, 0.6) is 5.88 Å². The summed E-state index contributed by atoms with van der Waals surface area (Å²) in [6.07, 6.45) is 2.14. The Kier molecular flexibility index (Phi) is 3.25. The molecule has 4 nitrogen and oxygen atoms in total. The van der Waals surface area contributed by atoms with Gasteiger partial charge < -0.3 is 9.47 Å². The maximum Gasteiger partial charge on any atom is 0.212 e. The van der Waals surface area contributed by atoms with Crippen LogP contribution in [0.25, 0.3) is 0 Å². The molecule has 0 saturated heterocycles. The van der Waals surface area contributed by atoms with Gasteiger partial charge in [-0.15, -0.1) is 0 Å². The SMILES string of the molecule is COC(=N)Cc1ccc(OC)nc1. The maximum absolute atomic E-state index is 7.29. The molecule has 0 aliphatic rings. The summed E-state index contributed by atoms with van der Waals surface area (Å²) < 4.78 is 9.64. The van der Waals surface area contributed by atoms with Gasteiger partial charge in [-0.25, -0.2) is 4.98 Å². The fourth-order valence-electron chi connectivity index (χ4n) is 0.894. The zero-order chi connectivity index (χ0) is 9.68. The standard InChI is InChI=1S/C9H12N2O2/c1-12-8(10)5-7-3-4-9(13-2)11-6-7/h3-4,6,10H,5H2,1-2H3. The van der Waals surface area contributed by atoms with Gasteiger partial charge in [-0.1, -0.05) is 6.07 Å². The van der Waals surface area contributed by atoms with Crippen molar-refractivity contribution >= 4 is 5.90 Å². The molecule has 70 valence electrons. The molecule has 1 aromatic heterocycles. The number of aromatic nitrogens is 1. The first-order valence-corrected chi connectivity index (χ1v) is 3.86. The minimum absolute atomic E-state index is 0.229. The van der Waals surface area contributed by atoms with Crippen LogP contribution in [0.15, 0.2) is 18.3 Å². The minimum atomic E-state index is 0.229. The summed E-state index contributed by atoms with van der Waals surface area (Å²) >= 11 is 0. The zero-order valence-corrected chi connectivity index (χ0v) is 7.70. The van der Waals surface area contributed by atoms with E-state index in [2.05, 4.69) is 4.98 Å². The van der Waals surface area contributed by atoms with Crippen molar-refractivity contribution in [2.75, 3.05) is 14.2 Å². The highest BCUT2D eigenvalue weighted by Crippen LogP contribution is 2.07. The Hall–Kier alpha value is -1.58. The number of nitrogens with zero attached hydrogens (tertiary/aromatic N) is 1. The molecule has 0 spiro atoms. The van der Waals surface area contributed by atoms with E-state index in [0.29, 0.717) is 12.3 Å². The van der Waals surface area contributed by atoms with Crippen LogP contribution in [0.2, 0.25) is 0 Å². The third-order valence-corrected chi connectivity index (χ3v) is 1.62. The summed E-state index contributed by atoms with van der Waals surface area (Å²) in [5.74, 6) is 0.805.